The largest absolute Gasteiger partial charge is 0.489 e. The molecule has 3 heteroatoms. The van der Waals surface area contributed by atoms with Crippen LogP contribution in [0.5, 0.6) is 5.75 Å². The van der Waals surface area contributed by atoms with Gasteiger partial charge in [0.1, 0.15) is 12.4 Å². The average molecular weight is 324 g/mol. The minimum Gasteiger partial charge on any atom is -0.489 e. The first-order valence-corrected chi connectivity index (χ1v) is 9.06. The van der Waals surface area contributed by atoms with E-state index in [0.717, 1.165) is 25.4 Å². The summed E-state index contributed by atoms with van der Waals surface area (Å²) in [7, 11) is 0. The number of nitrogens with zero attached hydrogens (tertiary/aromatic N) is 1. The SMILES string of the molecule is CCN1CCCC1CNCc1ccccc1OCc1ccccc1. The van der Waals surface area contributed by atoms with Gasteiger partial charge in [0.2, 0.25) is 0 Å². The number of likely N-dealkylation sites (N-methyl/N-ethyl adjacent to an activating group) is 1. The van der Waals surface area contributed by atoms with Crippen LogP contribution in [0.25, 0.3) is 0 Å². The molecule has 1 saturated heterocycles. The number of hydrogen-bond acceptors (Lipinski definition) is 3. The lowest BCUT2D eigenvalue weighted by Gasteiger charge is -2.23. The summed E-state index contributed by atoms with van der Waals surface area (Å²) < 4.78 is 6.04. The molecule has 3 nitrogen and oxygen atoms in total. The van der Waals surface area contributed by atoms with Crippen molar-refractivity contribution in [1.29, 1.82) is 0 Å². The van der Waals surface area contributed by atoms with E-state index in [2.05, 4.69) is 47.5 Å². The van der Waals surface area contributed by atoms with Gasteiger partial charge in [0, 0.05) is 24.7 Å². The molecule has 1 unspecified atom stereocenters. The van der Waals surface area contributed by atoms with Gasteiger partial charge < -0.3 is 10.1 Å². The van der Waals surface area contributed by atoms with Gasteiger partial charge in [0.25, 0.3) is 0 Å². The second-order valence-electron chi connectivity index (χ2n) is 6.44. The molecule has 128 valence electrons. The third-order valence-corrected chi connectivity index (χ3v) is 4.81. The minimum atomic E-state index is 0.615. The highest BCUT2D eigenvalue weighted by molar-refractivity contribution is 5.33. The van der Waals surface area contributed by atoms with Crippen molar-refractivity contribution < 1.29 is 4.74 Å². The van der Waals surface area contributed by atoms with E-state index < -0.39 is 0 Å². The fourth-order valence-electron chi connectivity index (χ4n) is 3.44. The van der Waals surface area contributed by atoms with Crippen LogP contribution in [0.1, 0.15) is 30.9 Å². The predicted molar refractivity (Wildman–Crippen MR) is 99.2 cm³/mol. The van der Waals surface area contributed by atoms with E-state index >= 15 is 0 Å². The zero-order valence-electron chi connectivity index (χ0n) is 14.6. The summed E-state index contributed by atoms with van der Waals surface area (Å²) in [5, 5.41) is 3.62. The molecule has 0 bridgehead atoms. The molecule has 0 amide bonds. The maximum atomic E-state index is 6.04. The van der Waals surface area contributed by atoms with Crippen LogP contribution in [-0.4, -0.2) is 30.6 Å². The lowest BCUT2D eigenvalue weighted by Crippen LogP contribution is -2.37. The van der Waals surface area contributed by atoms with Gasteiger partial charge in [-0.3, -0.25) is 4.90 Å². The standard InChI is InChI=1S/C21H28N2O/c1-2-23-14-8-12-20(23)16-22-15-19-11-6-7-13-21(19)24-17-18-9-4-3-5-10-18/h3-7,9-11,13,20,22H,2,8,12,14-17H2,1H3. The molecule has 1 heterocycles. The molecule has 1 N–H and O–H groups in total. The summed E-state index contributed by atoms with van der Waals surface area (Å²) in [4.78, 5) is 2.57. The Hall–Kier alpha value is -1.84. The zero-order chi connectivity index (χ0) is 16.6. The van der Waals surface area contributed by atoms with E-state index in [1.54, 1.807) is 0 Å². The summed E-state index contributed by atoms with van der Waals surface area (Å²) in [6.07, 6.45) is 2.64. The summed E-state index contributed by atoms with van der Waals surface area (Å²) >= 11 is 0. The molecule has 1 fully saturated rings. The number of benzene rings is 2. The molecule has 1 atom stereocenters. The Balaban J connectivity index is 1.52. The lowest BCUT2D eigenvalue weighted by molar-refractivity contribution is 0.259. The highest BCUT2D eigenvalue weighted by atomic mass is 16.5. The van der Waals surface area contributed by atoms with Crippen molar-refractivity contribution >= 4 is 0 Å². The van der Waals surface area contributed by atoms with Crippen molar-refractivity contribution in [3.05, 3.63) is 65.7 Å². The van der Waals surface area contributed by atoms with E-state index in [4.69, 9.17) is 4.74 Å². The first-order valence-electron chi connectivity index (χ1n) is 9.06. The van der Waals surface area contributed by atoms with Gasteiger partial charge in [-0.1, -0.05) is 55.5 Å². The van der Waals surface area contributed by atoms with E-state index in [-0.39, 0.29) is 0 Å². The fourth-order valence-corrected chi connectivity index (χ4v) is 3.44. The number of likely N-dealkylation sites (tertiary alicyclic amines) is 1. The first-order chi connectivity index (χ1) is 11.9. The average Bonchev–Trinajstić information content (AvgIpc) is 3.09. The Morgan fingerprint density at radius 2 is 1.88 bits per heavy atom. The van der Waals surface area contributed by atoms with Crippen molar-refractivity contribution in [2.24, 2.45) is 0 Å². The van der Waals surface area contributed by atoms with E-state index in [1.807, 2.05) is 24.3 Å². The van der Waals surface area contributed by atoms with Crippen molar-refractivity contribution in [2.75, 3.05) is 19.6 Å². The molecule has 0 saturated carbocycles. The van der Waals surface area contributed by atoms with E-state index in [1.165, 1.54) is 30.5 Å². The van der Waals surface area contributed by atoms with Gasteiger partial charge in [0.05, 0.1) is 0 Å². The van der Waals surface area contributed by atoms with E-state index in [9.17, 15) is 0 Å². The number of rotatable bonds is 8. The van der Waals surface area contributed by atoms with Crippen LogP contribution < -0.4 is 10.1 Å². The van der Waals surface area contributed by atoms with Crippen molar-refractivity contribution in [3.8, 4) is 5.75 Å². The maximum Gasteiger partial charge on any atom is 0.124 e. The van der Waals surface area contributed by atoms with E-state index in [0.29, 0.717) is 12.6 Å². The topological polar surface area (TPSA) is 24.5 Å². The second-order valence-corrected chi connectivity index (χ2v) is 6.44. The number of ether oxygens (including phenoxy) is 1. The smallest absolute Gasteiger partial charge is 0.124 e. The van der Waals surface area contributed by atoms with Crippen molar-refractivity contribution in [1.82, 2.24) is 10.2 Å². The number of hydrogen-bond donors (Lipinski definition) is 1. The monoisotopic (exact) mass is 324 g/mol. The molecule has 24 heavy (non-hydrogen) atoms. The number of nitrogens with one attached hydrogen (secondary N) is 1. The normalized spacial score (nSPS) is 18.0. The van der Waals surface area contributed by atoms with Crippen LogP contribution in [0.3, 0.4) is 0 Å². The van der Waals surface area contributed by atoms with Gasteiger partial charge in [0.15, 0.2) is 0 Å². The van der Waals surface area contributed by atoms with Gasteiger partial charge in [-0.15, -0.1) is 0 Å². The Morgan fingerprint density at radius 1 is 1.08 bits per heavy atom. The Morgan fingerprint density at radius 3 is 2.71 bits per heavy atom. The van der Waals surface area contributed by atoms with Crippen LogP contribution in [-0.2, 0) is 13.2 Å². The fraction of sp³-hybridized carbons (Fsp3) is 0.429. The molecule has 2 aromatic rings. The third kappa shape index (κ3) is 4.59. The van der Waals surface area contributed by atoms with Crippen LogP contribution >= 0.6 is 0 Å². The summed E-state index contributed by atoms with van der Waals surface area (Å²) in [5.41, 5.74) is 2.43. The van der Waals surface area contributed by atoms with Crippen LogP contribution in [0.4, 0.5) is 0 Å². The summed E-state index contributed by atoms with van der Waals surface area (Å²) in [6.45, 7) is 7.19. The van der Waals surface area contributed by atoms with Crippen LogP contribution in [0.15, 0.2) is 54.6 Å². The second kappa shape index (κ2) is 8.86. The molecule has 0 aromatic heterocycles. The number of para-hydroxylation sites is 1. The molecular formula is C21H28N2O. The Labute approximate surface area is 145 Å². The van der Waals surface area contributed by atoms with Crippen molar-refractivity contribution in [2.45, 2.75) is 39.0 Å². The molecule has 2 aromatic carbocycles. The van der Waals surface area contributed by atoms with Crippen LogP contribution in [0, 0.1) is 0 Å². The Bertz CT molecular complexity index is 614. The van der Waals surface area contributed by atoms with Crippen molar-refractivity contribution in [3.63, 3.8) is 0 Å². The first kappa shape index (κ1) is 17.0. The molecular weight excluding hydrogens is 296 g/mol. The molecule has 0 spiro atoms. The molecule has 0 radical (unpaired) electrons. The highest BCUT2D eigenvalue weighted by Gasteiger charge is 2.22. The third-order valence-electron chi connectivity index (χ3n) is 4.81. The summed E-state index contributed by atoms with van der Waals surface area (Å²) in [5.74, 6) is 0.979. The maximum absolute atomic E-state index is 6.04. The Kier molecular flexibility index (Phi) is 6.27. The molecule has 1 aliphatic rings. The minimum absolute atomic E-state index is 0.615. The van der Waals surface area contributed by atoms with Gasteiger partial charge in [-0.05, 0) is 37.6 Å². The quantitative estimate of drug-likeness (QED) is 0.798. The van der Waals surface area contributed by atoms with Gasteiger partial charge in [-0.25, -0.2) is 0 Å². The van der Waals surface area contributed by atoms with Crippen LogP contribution in [0.2, 0.25) is 0 Å². The summed E-state index contributed by atoms with van der Waals surface area (Å²) in [6, 6.07) is 19.4. The molecule has 3 rings (SSSR count). The molecule has 0 aliphatic carbocycles. The van der Waals surface area contributed by atoms with Gasteiger partial charge in [-0.2, -0.15) is 0 Å². The molecule has 1 aliphatic heterocycles. The highest BCUT2D eigenvalue weighted by Crippen LogP contribution is 2.20. The predicted octanol–water partition coefficient (Wildman–Crippen LogP) is 3.84. The zero-order valence-corrected chi connectivity index (χ0v) is 14.6. The van der Waals surface area contributed by atoms with Gasteiger partial charge >= 0.3 is 0 Å². The lowest BCUT2D eigenvalue weighted by atomic mass is 10.1.